The first-order valence-electron chi connectivity index (χ1n) is 5.51. The summed E-state index contributed by atoms with van der Waals surface area (Å²) < 4.78 is 96.2. The number of nitrogens with two attached hydrogens (primary N) is 1. The predicted octanol–water partition coefficient (Wildman–Crippen LogP) is 0.162. The van der Waals surface area contributed by atoms with Crippen LogP contribution in [0.1, 0.15) is 0 Å². The van der Waals surface area contributed by atoms with Gasteiger partial charge in [0.2, 0.25) is 0 Å². The van der Waals surface area contributed by atoms with Crippen molar-refractivity contribution in [1.82, 2.24) is 0 Å². The van der Waals surface area contributed by atoms with E-state index in [4.69, 9.17) is 10.3 Å². The Labute approximate surface area is 130 Å². The second kappa shape index (κ2) is 5.12. The van der Waals surface area contributed by atoms with Crippen LogP contribution in [0.5, 0.6) is 0 Å². The Morgan fingerprint density at radius 1 is 0.696 bits per heavy atom. The first kappa shape index (κ1) is 17.6. The number of fused-ring (bicyclic) bond motifs is 1. The highest BCUT2D eigenvalue weighted by atomic mass is 32.2. The van der Waals surface area contributed by atoms with Gasteiger partial charge in [0, 0.05) is 16.5 Å². The summed E-state index contributed by atoms with van der Waals surface area (Å²) in [5.74, 6) is 0. The molecule has 0 aromatic heterocycles. The standard InChI is InChI=1S/C10H9NO9S3/c11-5-1-2-6-7(3-5)8(21(12,13)14)4-9(22(15,16)17)10(6)23(18,19)20/h1-4H,11H2,(H,12,13,14)(H,15,16,17)(H,18,19,20). The molecule has 13 heteroatoms. The van der Waals surface area contributed by atoms with Crippen molar-refractivity contribution in [2.75, 3.05) is 5.73 Å². The first-order chi connectivity index (χ1) is 10.2. The fraction of sp³-hybridized carbons (Fsp3) is 0. The van der Waals surface area contributed by atoms with Crippen LogP contribution in [0, 0.1) is 0 Å². The molecule has 2 rings (SSSR count). The van der Waals surface area contributed by atoms with Crippen molar-refractivity contribution in [3.63, 3.8) is 0 Å². The largest absolute Gasteiger partial charge is 0.399 e. The molecule has 5 N–H and O–H groups in total. The topological polar surface area (TPSA) is 189 Å². The minimum atomic E-state index is -5.25. The van der Waals surface area contributed by atoms with E-state index in [2.05, 4.69) is 0 Å². The fourth-order valence-electron chi connectivity index (χ4n) is 2.03. The van der Waals surface area contributed by atoms with Crippen LogP contribution < -0.4 is 5.73 Å². The van der Waals surface area contributed by atoms with E-state index in [-0.39, 0.29) is 11.8 Å². The van der Waals surface area contributed by atoms with Crippen LogP contribution in [-0.4, -0.2) is 38.9 Å². The van der Waals surface area contributed by atoms with Crippen molar-refractivity contribution >= 4 is 46.8 Å². The van der Waals surface area contributed by atoms with E-state index in [0.717, 1.165) is 18.2 Å². The van der Waals surface area contributed by atoms with Crippen molar-refractivity contribution in [2.45, 2.75) is 14.7 Å². The third-order valence-electron chi connectivity index (χ3n) is 2.85. The number of hydrogen-bond acceptors (Lipinski definition) is 7. The lowest BCUT2D eigenvalue weighted by Crippen LogP contribution is -2.12. The van der Waals surface area contributed by atoms with Crippen molar-refractivity contribution in [2.24, 2.45) is 0 Å². The summed E-state index contributed by atoms with van der Waals surface area (Å²) in [6.07, 6.45) is 0. The zero-order valence-corrected chi connectivity index (χ0v) is 13.4. The highest BCUT2D eigenvalue weighted by Gasteiger charge is 2.31. The number of rotatable bonds is 3. The lowest BCUT2D eigenvalue weighted by atomic mass is 10.1. The average Bonchev–Trinajstić information content (AvgIpc) is 2.32. The summed E-state index contributed by atoms with van der Waals surface area (Å²) >= 11 is 0. The van der Waals surface area contributed by atoms with Gasteiger partial charge in [0.25, 0.3) is 30.4 Å². The second-order valence-corrected chi connectivity index (χ2v) is 8.57. The summed E-state index contributed by atoms with van der Waals surface area (Å²) in [6, 6.07) is 3.21. The predicted molar refractivity (Wildman–Crippen MR) is 77.8 cm³/mol. The van der Waals surface area contributed by atoms with Gasteiger partial charge in [-0.2, -0.15) is 25.3 Å². The van der Waals surface area contributed by atoms with Gasteiger partial charge in [-0.15, -0.1) is 0 Å². The molecule has 0 bridgehead atoms. The van der Waals surface area contributed by atoms with Crippen LogP contribution in [0.25, 0.3) is 10.8 Å². The Morgan fingerprint density at radius 2 is 1.22 bits per heavy atom. The van der Waals surface area contributed by atoms with Crippen LogP contribution in [-0.2, 0) is 30.4 Å². The maximum absolute atomic E-state index is 11.5. The lowest BCUT2D eigenvalue weighted by Gasteiger charge is -2.12. The van der Waals surface area contributed by atoms with Gasteiger partial charge in [0.15, 0.2) is 0 Å². The van der Waals surface area contributed by atoms with Crippen molar-refractivity contribution < 1.29 is 38.9 Å². The molecule has 0 spiro atoms. The number of anilines is 1. The fourth-order valence-corrected chi connectivity index (χ4v) is 4.83. The van der Waals surface area contributed by atoms with E-state index in [1.54, 1.807) is 0 Å². The Morgan fingerprint density at radius 3 is 1.65 bits per heavy atom. The van der Waals surface area contributed by atoms with Gasteiger partial charge in [-0.25, -0.2) is 0 Å². The summed E-state index contributed by atoms with van der Waals surface area (Å²) in [5.41, 5.74) is 5.44. The minimum Gasteiger partial charge on any atom is -0.399 e. The number of hydrogen-bond donors (Lipinski definition) is 4. The molecule has 23 heavy (non-hydrogen) atoms. The normalized spacial score (nSPS) is 13.3. The summed E-state index contributed by atoms with van der Waals surface area (Å²) in [7, 11) is -15.4. The summed E-state index contributed by atoms with van der Waals surface area (Å²) in [6.45, 7) is 0. The Balaban J connectivity index is 3.30. The molecule has 0 radical (unpaired) electrons. The number of nitrogen functional groups attached to an aromatic ring is 1. The minimum absolute atomic E-state index is 0.0247. The quantitative estimate of drug-likeness (QED) is 0.419. The third-order valence-corrected chi connectivity index (χ3v) is 5.71. The van der Waals surface area contributed by atoms with Crippen LogP contribution in [0.3, 0.4) is 0 Å². The van der Waals surface area contributed by atoms with Gasteiger partial charge in [-0.1, -0.05) is 6.07 Å². The first-order valence-corrected chi connectivity index (χ1v) is 9.83. The van der Waals surface area contributed by atoms with E-state index < -0.39 is 55.8 Å². The molecule has 0 heterocycles. The van der Waals surface area contributed by atoms with Crippen LogP contribution in [0.2, 0.25) is 0 Å². The van der Waals surface area contributed by atoms with E-state index in [9.17, 15) is 34.4 Å². The van der Waals surface area contributed by atoms with E-state index in [1.165, 1.54) is 0 Å². The monoisotopic (exact) mass is 383 g/mol. The Hall–Kier alpha value is -1.77. The van der Waals surface area contributed by atoms with Crippen molar-refractivity contribution in [3.8, 4) is 0 Å². The van der Waals surface area contributed by atoms with Crippen molar-refractivity contribution in [1.29, 1.82) is 0 Å². The van der Waals surface area contributed by atoms with Crippen LogP contribution >= 0.6 is 0 Å². The molecule has 2 aromatic rings. The second-order valence-electron chi connectivity index (χ2n) is 4.43. The molecule has 0 aliphatic rings. The maximum Gasteiger partial charge on any atom is 0.296 e. The zero-order chi connectivity index (χ0) is 17.8. The molecule has 10 nitrogen and oxygen atoms in total. The maximum atomic E-state index is 11.5. The van der Waals surface area contributed by atoms with Crippen LogP contribution in [0.4, 0.5) is 5.69 Å². The average molecular weight is 383 g/mol. The highest BCUT2D eigenvalue weighted by molar-refractivity contribution is 7.89. The lowest BCUT2D eigenvalue weighted by molar-refractivity contribution is 0.466. The van der Waals surface area contributed by atoms with Crippen LogP contribution in [0.15, 0.2) is 39.0 Å². The molecule has 0 saturated carbocycles. The Bertz CT molecular complexity index is 1130. The molecule has 2 aromatic carbocycles. The molecule has 0 unspecified atom stereocenters. The van der Waals surface area contributed by atoms with E-state index in [1.807, 2.05) is 0 Å². The summed E-state index contributed by atoms with van der Waals surface area (Å²) in [5, 5.41) is -1.02. The molecule has 126 valence electrons. The van der Waals surface area contributed by atoms with Gasteiger partial charge in [0.1, 0.15) is 14.7 Å². The SMILES string of the molecule is Nc1ccc2c(S(=O)(=O)O)c(S(=O)(=O)O)cc(S(=O)(=O)O)c2c1. The van der Waals surface area contributed by atoms with Gasteiger partial charge in [-0.3, -0.25) is 13.7 Å². The van der Waals surface area contributed by atoms with E-state index >= 15 is 0 Å². The Kier molecular flexibility index (Phi) is 3.91. The number of benzene rings is 2. The highest BCUT2D eigenvalue weighted by Crippen LogP contribution is 2.35. The molecule has 0 saturated heterocycles. The molecule has 0 amide bonds. The van der Waals surface area contributed by atoms with Gasteiger partial charge in [-0.05, 0) is 18.2 Å². The van der Waals surface area contributed by atoms with Gasteiger partial charge in [0.05, 0.1) is 0 Å². The molecular weight excluding hydrogens is 374 g/mol. The zero-order valence-electron chi connectivity index (χ0n) is 10.9. The molecule has 0 atom stereocenters. The van der Waals surface area contributed by atoms with E-state index in [0.29, 0.717) is 0 Å². The molecule has 0 aliphatic heterocycles. The third kappa shape index (κ3) is 3.29. The van der Waals surface area contributed by atoms with Gasteiger partial charge < -0.3 is 5.73 Å². The smallest absolute Gasteiger partial charge is 0.296 e. The van der Waals surface area contributed by atoms with Gasteiger partial charge >= 0.3 is 0 Å². The molecule has 0 fully saturated rings. The van der Waals surface area contributed by atoms with Crippen molar-refractivity contribution in [3.05, 3.63) is 24.3 Å². The summed E-state index contributed by atoms with van der Waals surface area (Å²) in [4.78, 5) is -3.63. The molecular formula is C10H9NO9S3. The molecule has 0 aliphatic carbocycles.